The molecule has 0 saturated heterocycles. The van der Waals surface area contributed by atoms with Crippen LogP contribution in [0.5, 0.6) is 11.5 Å². The zero-order valence-electron chi connectivity index (χ0n) is 29.5. The summed E-state index contributed by atoms with van der Waals surface area (Å²) >= 11 is 0. The van der Waals surface area contributed by atoms with Crippen LogP contribution in [0.2, 0.25) is 0 Å². The van der Waals surface area contributed by atoms with E-state index in [2.05, 4.69) is 0 Å². The molecule has 53 heavy (non-hydrogen) atoms. The van der Waals surface area contributed by atoms with E-state index in [0.717, 1.165) is 5.56 Å². The number of carbonyl (C=O) groups is 5. The molecule has 1 atom stereocenters. The first kappa shape index (κ1) is 41.5. The normalized spacial score (nSPS) is 11.9. The predicted molar refractivity (Wildman–Crippen MR) is 190 cm³/mol. The molecule has 4 N–H and O–H groups in total. The fourth-order valence-corrected chi connectivity index (χ4v) is 4.63. The maximum absolute atomic E-state index is 13.2. The van der Waals surface area contributed by atoms with Crippen molar-refractivity contribution in [1.82, 2.24) is 0 Å². The van der Waals surface area contributed by atoms with Crippen LogP contribution in [0.4, 0.5) is 0 Å². The summed E-state index contributed by atoms with van der Waals surface area (Å²) in [5, 5.41) is 9.19. The quantitative estimate of drug-likeness (QED) is 0.0989. The fourth-order valence-electron chi connectivity index (χ4n) is 4.15. The Labute approximate surface area is 306 Å². The predicted octanol–water partition coefficient (Wildman–Crippen LogP) is 4.96. The molecule has 0 heterocycles. The zero-order valence-corrected chi connectivity index (χ0v) is 30.3. The van der Waals surface area contributed by atoms with Gasteiger partial charge in [-0.05, 0) is 95.1 Å². The van der Waals surface area contributed by atoms with Crippen molar-refractivity contribution in [1.29, 1.82) is 0 Å². The molecule has 0 aliphatic rings. The molecule has 0 radical (unpaired) electrons. The standard InChI is InChI=1S/C31H31NO10.C7H8O3S/c1-30(2,41-26(35)20-11-7-5-8-12-20)28(37)39-23-16-15-19(17-22(32)25(33)34)18-24(23)40-29(38)31(3,4)42-27(36)21-13-9-6-10-14-21;1-6-2-4-7(5-3-6)11(8,9)10/h5-16,18,22H,17,32H2,1-4H3,(H,33,34);2-5H,1H3,(H,8,9,10)/t22-;/m0./s1. The van der Waals surface area contributed by atoms with Crippen molar-refractivity contribution in [3.8, 4) is 11.5 Å². The highest BCUT2D eigenvalue weighted by molar-refractivity contribution is 7.85. The lowest BCUT2D eigenvalue weighted by Crippen LogP contribution is -2.41. The van der Waals surface area contributed by atoms with Gasteiger partial charge < -0.3 is 29.8 Å². The van der Waals surface area contributed by atoms with Crippen molar-refractivity contribution >= 4 is 40.0 Å². The Morgan fingerprint density at radius 3 is 1.53 bits per heavy atom. The number of ether oxygens (including phenoxy) is 4. The molecule has 4 aromatic rings. The lowest BCUT2D eigenvalue weighted by Gasteiger charge is -2.25. The van der Waals surface area contributed by atoms with Crippen LogP contribution in [0.25, 0.3) is 0 Å². The van der Waals surface area contributed by atoms with Gasteiger partial charge in [0, 0.05) is 0 Å². The lowest BCUT2D eigenvalue weighted by molar-refractivity contribution is -0.155. The number of esters is 4. The van der Waals surface area contributed by atoms with Crippen molar-refractivity contribution < 1.29 is 61.0 Å². The van der Waals surface area contributed by atoms with Gasteiger partial charge >= 0.3 is 29.8 Å². The topological polar surface area (TPSA) is 223 Å². The van der Waals surface area contributed by atoms with Crippen LogP contribution in [0.1, 0.15) is 59.5 Å². The van der Waals surface area contributed by atoms with E-state index >= 15 is 0 Å². The molecule has 0 fully saturated rings. The number of nitrogens with two attached hydrogens (primary N) is 1. The summed E-state index contributed by atoms with van der Waals surface area (Å²) in [6.07, 6.45) is -0.138. The van der Waals surface area contributed by atoms with Gasteiger partial charge in [-0.3, -0.25) is 9.35 Å². The molecule has 4 aromatic carbocycles. The van der Waals surface area contributed by atoms with Crippen LogP contribution in [-0.4, -0.2) is 65.2 Å². The molecular weight excluding hydrogens is 710 g/mol. The molecule has 15 heteroatoms. The minimum absolute atomic E-state index is 0.0666. The zero-order chi connectivity index (χ0) is 39.6. The molecule has 0 spiro atoms. The SMILES string of the molecule is CC(C)(OC(=O)c1ccccc1)C(=O)Oc1ccc(C[C@H](N)C(=O)O)cc1OC(=O)C(C)(C)OC(=O)c1ccccc1.Cc1ccc(S(=O)(=O)O)cc1. The van der Waals surface area contributed by atoms with Crippen LogP contribution >= 0.6 is 0 Å². The lowest BCUT2D eigenvalue weighted by atomic mass is 10.1. The van der Waals surface area contributed by atoms with Crippen LogP contribution in [0.15, 0.2) is 108 Å². The maximum Gasteiger partial charge on any atom is 0.355 e. The third kappa shape index (κ3) is 12.4. The molecule has 0 saturated carbocycles. The number of carboxylic acid groups (broad SMARTS) is 1. The summed E-state index contributed by atoms with van der Waals surface area (Å²) < 4.78 is 51.3. The van der Waals surface area contributed by atoms with E-state index in [1.54, 1.807) is 48.5 Å². The Morgan fingerprint density at radius 2 is 1.11 bits per heavy atom. The number of hydrogen-bond acceptors (Lipinski definition) is 12. The molecular formula is C38H39NO13S. The molecule has 0 aliphatic heterocycles. The summed E-state index contributed by atoms with van der Waals surface area (Å²) in [5.41, 5.74) is 3.84. The van der Waals surface area contributed by atoms with Crippen LogP contribution in [-0.2, 0) is 40.4 Å². The number of hydrogen-bond donors (Lipinski definition) is 3. The Bertz CT molecular complexity index is 2040. The fraction of sp³-hybridized carbons (Fsp3) is 0.237. The Balaban J connectivity index is 0.000000586. The van der Waals surface area contributed by atoms with Gasteiger partial charge in [0.25, 0.3) is 10.1 Å². The van der Waals surface area contributed by atoms with Gasteiger partial charge in [0.05, 0.1) is 16.0 Å². The number of benzene rings is 4. The minimum Gasteiger partial charge on any atom is -0.480 e. The smallest absolute Gasteiger partial charge is 0.355 e. The van der Waals surface area contributed by atoms with Gasteiger partial charge in [-0.15, -0.1) is 0 Å². The first-order valence-electron chi connectivity index (χ1n) is 15.9. The number of carbonyl (C=O) groups excluding carboxylic acids is 4. The van der Waals surface area contributed by atoms with E-state index in [1.165, 1.54) is 82.3 Å². The molecule has 0 aromatic heterocycles. The van der Waals surface area contributed by atoms with Gasteiger partial charge in [-0.1, -0.05) is 60.2 Å². The van der Waals surface area contributed by atoms with E-state index in [-0.39, 0.29) is 33.9 Å². The third-order valence-electron chi connectivity index (χ3n) is 7.20. The van der Waals surface area contributed by atoms with Crippen LogP contribution in [0.3, 0.4) is 0 Å². The van der Waals surface area contributed by atoms with Crippen molar-refractivity contribution in [2.75, 3.05) is 0 Å². The largest absolute Gasteiger partial charge is 0.480 e. The minimum atomic E-state index is -4.02. The highest BCUT2D eigenvalue weighted by atomic mass is 32.2. The van der Waals surface area contributed by atoms with Crippen molar-refractivity contribution in [2.45, 2.75) is 63.2 Å². The first-order chi connectivity index (χ1) is 24.7. The van der Waals surface area contributed by atoms with E-state index in [1.807, 2.05) is 6.92 Å². The third-order valence-corrected chi connectivity index (χ3v) is 8.07. The van der Waals surface area contributed by atoms with E-state index in [9.17, 15) is 37.5 Å². The molecule has 0 bridgehead atoms. The molecule has 14 nitrogen and oxygen atoms in total. The van der Waals surface area contributed by atoms with Crippen molar-refractivity contribution in [3.63, 3.8) is 0 Å². The number of rotatable bonds is 12. The second kappa shape index (κ2) is 17.5. The summed E-state index contributed by atoms with van der Waals surface area (Å²) in [4.78, 5) is 62.5. The summed E-state index contributed by atoms with van der Waals surface area (Å²) in [6, 6.07) is 24.8. The number of aliphatic carboxylic acids is 1. The van der Waals surface area contributed by atoms with E-state index in [4.69, 9.17) is 29.2 Å². The Morgan fingerprint density at radius 1 is 0.679 bits per heavy atom. The highest BCUT2D eigenvalue weighted by Crippen LogP contribution is 2.32. The van der Waals surface area contributed by atoms with Gasteiger partial charge in [-0.2, -0.15) is 8.42 Å². The summed E-state index contributed by atoms with van der Waals surface area (Å²) in [5.74, 6) is -5.31. The molecule has 0 unspecified atom stereocenters. The van der Waals surface area contributed by atoms with Crippen LogP contribution < -0.4 is 15.2 Å². The van der Waals surface area contributed by atoms with Crippen molar-refractivity contribution in [3.05, 3.63) is 125 Å². The van der Waals surface area contributed by atoms with E-state index < -0.39 is 57.2 Å². The second-order valence-corrected chi connectivity index (χ2v) is 14.0. The molecule has 4 rings (SSSR count). The average molecular weight is 750 g/mol. The molecule has 0 aliphatic carbocycles. The summed E-state index contributed by atoms with van der Waals surface area (Å²) in [6.45, 7) is 7.13. The molecule has 280 valence electrons. The monoisotopic (exact) mass is 749 g/mol. The highest BCUT2D eigenvalue weighted by Gasteiger charge is 2.38. The summed E-state index contributed by atoms with van der Waals surface area (Å²) in [7, 11) is -4.02. The second-order valence-electron chi connectivity index (χ2n) is 12.5. The van der Waals surface area contributed by atoms with Gasteiger partial charge in [0.1, 0.15) is 6.04 Å². The van der Waals surface area contributed by atoms with E-state index in [0.29, 0.717) is 5.56 Å². The Kier molecular flexibility index (Phi) is 13.7. The molecule has 0 amide bonds. The maximum atomic E-state index is 13.2. The van der Waals surface area contributed by atoms with Crippen LogP contribution in [0, 0.1) is 6.92 Å². The number of aryl methyl sites for hydroxylation is 1. The van der Waals surface area contributed by atoms with Gasteiger partial charge in [-0.25, -0.2) is 19.2 Å². The van der Waals surface area contributed by atoms with Crippen molar-refractivity contribution in [2.24, 2.45) is 5.73 Å². The van der Waals surface area contributed by atoms with Gasteiger partial charge in [0.2, 0.25) is 11.2 Å². The first-order valence-corrected chi connectivity index (χ1v) is 17.3. The number of carboxylic acids is 1. The average Bonchev–Trinajstić information content (AvgIpc) is 3.09. The Hall–Kier alpha value is -5.90. The van der Waals surface area contributed by atoms with Gasteiger partial charge in [0.15, 0.2) is 11.5 Å².